The number of anilines is 1. The second kappa shape index (κ2) is 5.49. The van der Waals surface area contributed by atoms with E-state index in [1.54, 1.807) is 19.2 Å². The van der Waals surface area contributed by atoms with Gasteiger partial charge in [0.1, 0.15) is 0 Å². The molecule has 0 fully saturated rings. The fraction of sp³-hybridized carbons (Fsp3) is 0.500. The predicted octanol–water partition coefficient (Wildman–Crippen LogP) is 3.00. The number of rotatable bonds is 5. The van der Waals surface area contributed by atoms with Crippen molar-refractivity contribution >= 4 is 5.69 Å². The third-order valence-corrected chi connectivity index (χ3v) is 2.31. The van der Waals surface area contributed by atoms with Gasteiger partial charge >= 0.3 is 0 Å². The Balaban J connectivity index is 2.66. The van der Waals surface area contributed by atoms with E-state index in [0.717, 1.165) is 18.5 Å². The first-order valence-corrected chi connectivity index (χ1v) is 5.31. The molecule has 0 aliphatic carbocycles. The summed E-state index contributed by atoms with van der Waals surface area (Å²) in [6.45, 7) is 4.29. The van der Waals surface area contributed by atoms with Gasteiger partial charge in [0.15, 0.2) is 11.5 Å². The molecule has 0 bridgehead atoms. The Morgan fingerprint density at radius 2 is 2.20 bits per heavy atom. The van der Waals surface area contributed by atoms with Crippen molar-refractivity contribution in [1.29, 1.82) is 0 Å². The molecule has 0 radical (unpaired) electrons. The first-order chi connectivity index (χ1) is 7.17. The fourth-order valence-electron chi connectivity index (χ4n) is 1.57. The van der Waals surface area contributed by atoms with Crippen LogP contribution in [-0.2, 0) is 0 Å². The van der Waals surface area contributed by atoms with Gasteiger partial charge in [-0.1, -0.05) is 13.3 Å². The quantitative estimate of drug-likeness (QED) is 0.783. The van der Waals surface area contributed by atoms with Crippen molar-refractivity contribution < 1.29 is 9.84 Å². The van der Waals surface area contributed by atoms with Gasteiger partial charge in [0, 0.05) is 17.8 Å². The van der Waals surface area contributed by atoms with Crippen molar-refractivity contribution in [3.63, 3.8) is 0 Å². The van der Waals surface area contributed by atoms with Gasteiger partial charge in [-0.2, -0.15) is 0 Å². The van der Waals surface area contributed by atoms with E-state index < -0.39 is 0 Å². The number of nitrogens with one attached hydrogen (secondary N) is 1. The number of methoxy groups -OCH3 is 1. The predicted molar refractivity (Wildman–Crippen MR) is 62.7 cm³/mol. The molecular weight excluding hydrogens is 190 g/mol. The molecule has 1 atom stereocenters. The lowest BCUT2D eigenvalue weighted by molar-refractivity contribution is 0.373. The smallest absolute Gasteiger partial charge is 0.160 e. The van der Waals surface area contributed by atoms with Crippen LogP contribution in [0.4, 0.5) is 5.69 Å². The minimum Gasteiger partial charge on any atom is -0.504 e. The van der Waals surface area contributed by atoms with E-state index in [0.29, 0.717) is 11.8 Å². The normalized spacial score (nSPS) is 12.2. The summed E-state index contributed by atoms with van der Waals surface area (Å²) in [5, 5.41) is 12.9. The highest BCUT2D eigenvalue weighted by Crippen LogP contribution is 2.28. The molecule has 1 aromatic rings. The van der Waals surface area contributed by atoms with E-state index in [-0.39, 0.29) is 5.75 Å². The van der Waals surface area contributed by atoms with Crippen LogP contribution >= 0.6 is 0 Å². The van der Waals surface area contributed by atoms with Crippen LogP contribution in [-0.4, -0.2) is 18.3 Å². The highest BCUT2D eigenvalue weighted by Gasteiger charge is 2.04. The molecule has 0 saturated carbocycles. The molecule has 0 aliphatic heterocycles. The minimum atomic E-state index is 0.172. The lowest BCUT2D eigenvalue weighted by Gasteiger charge is -2.15. The molecule has 1 unspecified atom stereocenters. The van der Waals surface area contributed by atoms with E-state index in [1.807, 2.05) is 6.07 Å². The Kier molecular flexibility index (Phi) is 4.28. The van der Waals surface area contributed by atoms with Crippen molar-refractivity contribution in [1.82, 2.24) is 0 Å². The maximum absolute atomic E-state index is 9.57. The van der Waals surface area contributed by atoms with Gasteiger partial charge in [0.05, 0.1) is 7.11 Å². The maximum Gasteiger partial charge on any atom is 0.160 e. The number of hydrogen-bond donors (Lipinski definition) is 2. The standard InChI is InChI=1S/C12H19NO2/c1-4-5-9(2)13-10-6-7-12(15-3)11(14)8-10/h6-9,13-14H,4-5H2,1-3H3. The van der Waals surface area contributed by atoms with Crippen molar-refractivity contribution in [3.05, 3.63) is 18.2 Å². The van der Waals surface area contributed by atoms with Crippen LogP contribution in [0.1, 0.15) is 26.7 Å². The number of ether oxygens (including phenoxy) is 1. The first-order valence-electron chi connectivity index (χ1n) is 5.31. The van der Waals surface area contributed by atoms with Gasteiger partial charge in [-0.05, 0) is 25.5 Å². The number of benzene rings is 1. The molecular formula is C12H19NO2. The molecule has 0 spiro atoms. The number of hydrogen-bond acceptors (Lipinski definition) is 3. The Hall–Kier alpha value is -1.38. The summed E-state index contributed by atoms with van der Waals surface area (Å²) in [6.07, 6.45) is 2.27. The van der Waals surface area contributed by atoms with Crippen LogP contribution < -0.4 is 10.1 Å². The average molecular weight is 209 g/mol. The molecule has 2 N–H and O–H groups in total. The summed E-state index contributed by atoms with van der Waals surface area (Å²) >= 11 is 0. The molecule has 0 amide bonds. The summed E-state index contributed by atoms with van der Waals surface area (Å²) in [4.78, 5) is 0. The highest BCUT2D eigenvalue weighted by atomic mass is 16.5. The second-order valence-electron chi connectivity index (χ2n) is 3.72. The van der Waals surface area contributed by atoms with E-state index >= 15 is 0 Å². The zero-order chi connectivity index (χ0) is 11.3. The van der Waals surface area contributed by atoms with Gasteiger partial charge in [-0.3, -0.25) is 0 Å². The lowest BCUT2D eigenvalue weighted by atomic mass is 10.2. The number of aromatic hydroxyl groups is 1. The van der Waals surface area contributed by atoms with Crippen molar-refractivity contribution in [2.24, 2.45) is 0 Å². The molecule has 0 saturated heterocycles. The summed E-state index contributed by atoms with van der Waals surface area (Å²) < 4.78 is 4.97. The van der Waals surface area contributed by atoms with E-state index in [4.69, 9.17) is 4.74 Å². The van der Waals surface area contributed by atoms with Crippen LogP contribution in [0.25, 0.3) is 0 Å². The summed E-state index contributed by atoms with van der Waals surface area (Å²) in [5.74, 6) is 0.676. The summed E-state index contributed by atoms with van der Waals surface area (Å²) in [6, 6.07) is 5.77. The largest absolute Gasteiger partial charge is 0.504 e. The Labute approximate surface area is 91.1 Å². The van der Waals surface area contributed by atoms with Gasteiger partial charge in [0.25, 0.3) is 0 Å². The van der Waals surface area contributed by atoms with E-state index in [2.05, 4.69) is 19.2 Å². The zero-order valence-corrected chi connectivity index (χ0v) is 9.58. The Bertz CT molecular complexity index is 312. The van der Waals surface area contributed by atoms with E-state index in [1.165, 1.54) is 0 Å². The fourth-order valence-corrected chi connectivity index (χ4v) is 1.57. The SMILES string of the molecule is CCCC(C)Nc1ccc(OC)c(O)c1. The maximum atomic E-state index is 9.57. The van der Waals surface area contributed by atoms with Gasteiger partial charge in [-0.15, -0.1) is 0 Å². The van der Waals surface area contributed by atoms with Crippen LogP contribution in [0.15, 0.2) is 18.2 Å². The third-order valence-electron chi connectivity index (χ3n) is 2.31. The van der Waals surface area contributed by atoms with Crippen molar-refractivity contribution in [2.75, 3.05) is 12.4 Å². The van der Waals surface area contributed by atoms with Crippen molar-refractivity contribution in [2.45, 2.75) is 32.7 Å². The molecule has 0 heterocycles. The number of phenols is 1. The van der Waals surface area contributed by atoms with Gasteiger partial charge < -0.3 is 15.2 Å². The third kappa shape index (κ3) is 3.35. The van der Waals surface area contributed by atoms with Crippen LogP contribution in [0.3, 0.4) is 0 Å². The highest BCUT2D eigenvalue weighted by molar-refractivity contribution is 5.54. The molecule has 84 valence electrons. The molecule has 1 aromatic carbocycles. The molecule has 0 aliphatic rings. The zero-order valence-electron chi connectivity index (χ0n) is 9.58. The molecule has 1 rings (SSSR count). The van der Waals surface area contributed by atoms with Crippen molar-refractivity contribution in [3.8, 4) is 11.5 Å². The lowest BCUT2D eigenvalue weighted by Crippen LogP contribution is -2.14. The van der Waals surface area contributed by atoms with E-state index in [9.17, 15) is 5.11 Å². The molecule has 0 aromatic heterocycles. The van der Waals surface area contributed by atoms with Crippen LogP contribution in [0.2, 0.25) is 0 Å². The number of phenolic OH excluding ortho intramolecular Hbond substituents is 1. The summed E-state index contributed by atoms with van der Waals surface area (Å²) in [5.41, 5.74) is 0.925. The Morgan fingerprint density at radius 3 is 2.73 bits per heavy atom. The molecule has 3 heteroatoms. The molecule has 15 heavy (non-hydrogen) atoms. The van der Waals surface area contributed by atoms with Gasteiger partial charge in [0.2, 0.25) is 0 Å². The average Bonchev–Trinajstić information content (AvgIpc) is 2.18. The van der Waals surface area contributed by atoms with Crippen LogP contribution in [0, 0.1) is 0 Å². The Morgan fingerprint density at radius 1 is 1.47 bits per heavy atom. The second-order valence-corrected chi connectivity index (χ2v) is 3.72. The minimum absolute atomic E-state index is 0.172. The first kappa shape index (κ1) is 11.7. The topological polar surface area (TPSA) is 41.5 Å². The van der Waals surface area contributed by atoms with Crippen LogP contribution in [0.5, 0.6) is 11.5 Å². The summed E-state index contributed by atoms with van der Waals surface area (Å²) in [7, 11) is 1.54. The van der Waals surface area contributed by atoms with Gasteiger partial charge in [-0.25, -0.2) is 0 Å². The monoisotopic (exact) mass is 209 g/mol. The molecule has 3 nitrogen and oxygen atoms in total.